The zero-order chi connectivity index (χ0) is 27.4. The summed E-state index contributed by atoms with van der Waals surface area (Å²) in [5.74, 6) is 0.390. The number of halogens is 2. The monoisotopic (exact) mass is 549 g/mol. The lowest BCUT2D eigenvalue weighted by molar-refractivity contribution is 0.00695. The number of carbonyl (C=O) groups is 1. The Morgan fingerprint density at radius 1 is 0.921 bits per heavy atom. The minimum atomic E-state index is -0.553. The van der Waals surface area contributed by atoms with E-state index in [4.69, 9.17) is 32.7 Å². The van der Waals surface area contributed by atoms with Crippen molar-refractivity contribution in [1.82, 2.24) is 4.98 Å². The van der Waals surface area contributed by atoms with Gasteiger partial charge in [0, 0.05) is 27.5 Å². The minimum Gasteiger partial charge on any atom is -0.484 e. The number of esters is 1. The van der Waals surface area contributed by atoms with Gasteiger partial charge in [0.1, 0.15) is 17.5 Å². The molecule has 0 aliphatic carbocycles. The molecule has 1 heterocycles. The maximum absolute atomic E-state index is 12.6. The molecule has 0 saturated heterocycles. The predicted molar refractivity (Wildman–Crippen MR) is 156 cm³/mol. The summed E-state index contributed by atoms with van der Waals surface area (Å²) in [4.78, 5) is 17.2. The van der Waals surface area contributed by atoms with Gasteiger partial charge in [-0.2, -0.15) is 0 Å². The van der Waals surface area contributed by atoms with E-state index >= 15 is 0 Å². The number of hydrogen-bond donors (Lipinski definition) is 0. The number of pyridine rings is 1. The number of benzene rings is 3. The molecular weight excluding hydrogens is 517 g/mol. The lowest BCUT2D eigenvalue weighted by Gasteiger charge is -2.29. The third-order valence-electron chi connectivity index (χ3n) is 6.35. The zero-order valence-electron chi connectivity index (χ0n) is 22.4. The van der Waals surface area contributed by atoms with Crippen LogP contribution in [0, 0.1) is 6.92 Å². The first-order valence-electron chi connectivity index (χ1n) is 12.9. The van der Waals surface area contributed by atoms with Crippen LogP contribution >= 0.6 is 23.2 Å². The van der Waals surface area contributed by atoms with Gasteiger partial charge < -0.3 is 9.47 Å². The van der Waals surface area contributed by atoms with Gasteiger partial charge in [-0.15, -0.1) is 0 Å². The van der Waals surface area contributed by atoms with Gasteiger partial charge in [-0.25, -0.2) is 4.79 Å². The summed E-state index contributed by atoms with van der Waals surface area (Å²) in [6, 6.07) is 21.1. The molecule has 4 aromatic rings. The maximum Gasteiger partial charge on any atom is 0.338 e. The molecule has 0 aliphatic rings. The summed E-state index contributed by atoms with van der Waals surface area (Å²) < 4.78 is 12.4. The maximum atomic E-state index is 12.6. The van der Waals surface area contributed by atoms with E-state index in [2.05, 4.69) is 11.9 Å². The van der Waals surface area contributed by atoms with Gasteiger partial charge in [0.25, 0.3) is 0 Å². The van der Waals surface area contributed by atoms with Gasteiger partial charge in [-0.05, 0) is 93.3 Å². The first kappa shape index (κ1) is 27.9. The molecule has 0 radical (unpaired) electrons. The molecule has 0 saturated carbocycles. The fraction of sp³-hybridized carbons (Fsp3) is 0.312. The van der Waals surface area contributed by atoms with Crippen molar-refractivity contribution < 1.29 is 14.3 Å². The van der Waals surface area contributed by atoms with Gasteiger partial charge in [-0.1, -0.05) is 60.8 Å². The van der Waals surface area contributed by atoms with Gasteiger partial charge in [0.2, 0.25) is 0 Å². The lowest BCUT2D eigenvalue weighted by atomic mass is 9.85. The van der Waals surface area contributed by atoms with Crippen molar-refractivity contribution in [2.75, 3.05) is 0 Å². The SMILES string of the molecule is CCCC(c1ccc(C(=O)OC(C)(C)C)cc1)C(Oc1ccnc2c(C)cc(Cl)cc12)c1ccc(Cl)cc1. The van der Waals surface area contributed by atoms with Crippen LogP contribution in [0.25, 0.3) is 10.9 Å². The van der Waals surface area contributed by atoms with Crippen LogP contribution in [0.15, 0.2) is 72.9 Å². The molecule has 2 atom stereocenters. The predicted octanol–water partition coefficient (Wildman–Crippen LogP) is 9.51. The van der Waals surface area contributed by atoms with E-state index < -0.39 is 5.60 Å². The van der Waals surface area contributed by atoms with Crippen LogP contribution in [0.5, 0.6) is 5.75 Å². The van der Waals surface area contributed by atoms with E-state index in [1.54, 1.807) is 6.20 Å². The highest BCUT2D eigenvalue weighted by Crippen LogP contribution is 2.41. The molecule has 1 aromatic heterocycles. The van der Waals surface area contributed by atoms with Crippen molar-refractivity contribution in [1.29, 1.82) is 0 Å². The molecule has 198 valence electrons. The Bertz CT molecular complexity index is 1410. The van der Waals surface area contributed by atoms with Crippen LogP contribution in [0.1, 0.15) is 79.6 Å². The number of aromatic nitrogens is 1. The summed E-state index contributed by atoms with van der Waals surface area (Å²) in [5.41, 5.74) is 3.90. The fourth-order valence-electron chi connectivity index (χ4n) is 4.65. The molecule has 0 bridgehead atoms. The topological polar surface area (TPSA) is 48.4 Å². The largest absolute Gasteiger partial charge is 0.484 e. The minimum absolute atomic E-state index is 0.0114. The average molecular weight is 551 g/mol. The number of nitrogens with zero attached hydrogens (tertiary/aromatic N) is 1. The Morgan fingerprint density at radius 2 is 1.58 bits per heavy atom. The van der Waals surface area contributed by atoms with Crippen LogP contribution in [0.2, 0.25) is 10.0 Å². The van der Waals surface area contributed by atoms with Crippen molar-refractivity contribution in [3.8, 4) is 5.75 Å². The molecule has 0 spiro atoms. The van der Waals surface area contributed by atoms with Gasteiger partial charge >= 0.3 is 5.97 Å². The molecule has 0 fully saturated rings. The number of carbonyl (C=O) groups excluding carboxylic acids is 1. The highest BCUT2D eigenvalue weighted by molar-refractivity contribution is 6.31. The van der Waals surface area contributed by atoms with Crippen LogP contribution in [-0.4, -0.2) is 16.6 Å². The van der Waals surface area contributed by atoms with E-state index in [0.29, 0.717) is 21.4 Å². The Morgan fingerprint density at radius 3 is 2.21 bits per heavy atom. The Labute approximate surface area is 234 Å². The molecule has 3 aromatic carbocycles. The van der Waals surface area contributed by atoms with Gasteiger partial charge in [0.05, 0.1) is 11.1 Å². The van der Waals surface area contributed by atoms with Crippen molar-refractivity contribution in [2.45, 2.75) is 65.1 Å². The molecule has 4 nitrogen and oxygen atoms in total. The van der Waals surface area contributed by atoms with E-state index in [1.807, 2.05) is 94.4 Å². The number of rotatable bonds is 8. The number of aryl methyl sites for hydroxylation is 1. The van der Waals surface area contributed by atoms with E-state index in [-0.39, 0.29) is 18.0 Å². The van der Waals surface area contributed by atoms with Crippen molar-refractivity contribution >= 4 is 40.1 Å². The second-order valence-electron chi connectivity index (χ2n) is 10.5. The quantitative estimate of drug-likeness (QED) is 0.205. The molecule has 0 aliphatic heterocycles. The molecule has 38 heavy (non-hydrogen) atoms. The van der Waals surface area contributed by atoms with Crippen LogP contribution < -0.4 is 4.74 Å². The van der Waals surface area contributed by atoms with Crippen LogP contribution in [0.4, 0.5) is 0 Å². The molecule has 0 N–H and O–H groups in total. The molecule has 4 rings (SSSR count). The standard InChI is InChI=1S/C32H33Cl2NO3/c1-6-7-26(21-8-10-23(11-9-21)31(36)38-32(3,4)5)30(22-12-14-24(33)15-13-22)37-28-16-17-35-29-20(2)18-25(34)19-27(28)29/h8-19,26,30H,6-7H2,1-5H3. The third kappa shape index (κ3) is 6.67. The Balaban J connectivity index is 1.76. The second-order valence-corrected chi connectivity index (χ2v) is 11.4. The summed E-state index contributed by atoms with van der Waals surface area (Å²) in [7, 11) is 0. The zero-order valence-corrected chi connectivity index (χ0v) is 23.9. The van der Waals surface area contributed by atoms with Gasteiger partial charge in [0.15, 0.2) is 0 Å². The number of fused-ring (bicyclic) bond motifs is 1. The normalized spacial score (nSPS) is 13.2. The first-order chi connectivity index (χ1) is 18.1. The van der Waals surface area contributed by atoms with E-state index in [1.165, 1.54) is 0 Å². The second kappa shape index (κ2) is 11.8. The first-order valence-corrected chi connectivity index (χ1v) is 13.6. The van der Waals surface area contributed by atoms with Crippen molar-refractivity contribution in [2.24, 2.45) is 0 Å². The molecule has 6 heteroatoms. The molecule has 2 unspecified atom stereocenters. The molecule has 0 amide bonds. The van der Waals surface area contributed by atoms with Crippen LogP contribution in [-0.2, 0) is 4.74 Å². The summed E-state index contributed by atoms with van der Waals surface area (Å²) in [5, 5.41) is 2.17. The Hall–Kier alpha value is -3.08. The van der Waals surface area contributed by atoms with E-state index in [0.717, 1.165) is 40.4 Å². The fourth-order valence-corrected chi connectivity index (χ4v) is 5.04. The summed E-state index contributed by atoms with van der Waals surface area (Å²) >= 11 is 12.7. The molecular formula is C32H33Cl2NO3. The van der Waals surface area contributed by atoms with E-state index in [9.17, 15) is 4.79 Å². The summed E-state index contributed by atoms with van der Waals surface area (Å²) in [6.07, 6.45) is 3.28. The lowest BCUT2D eigenvalue weighted by Crippen LogP contribution is -2.24. The third-order valence-corrected chi connectivity index (χ3v) is 6.82. The number of hydrogen-bond acceptors (Lipinski definition) is 4. The van der Waals surface area contributed by atoms with Gasteiger partial charge in [-0.3, -0.25) is 4.98 Å². The summed E-state index contributed by atoms with van der Waals surface area (Å²) in [6.45, 7) is 9.74. The van der Waals surface area contributed by atoms with Crippen LogP contribution in [0.3, 0.4) is 0 Å². The Kier molecular flexibility index (Phi) is 8.64. The highest BCUT2D eigenvalue weighted by Gasteiger charge is 2.28. The highest BCUT2D eigenvalue weighted by atomic mass is 35.5. The van der Waals surface area contributed by atoms with Crippen molar-refractivity contribution in [3.63, 3.8) is 0 Å². The smallest absolute Gasteiger partial charge is 0.338 e. The number of ether oxygens (including phenoxy) is 2. The average Bonchev–Trinajstić information content (AvgIpc) is 2.86. The van der Waals surface area contributed by atoms with Crippen molar-refractivity contribution in [3.05, 3.63) is 105 Å².